The molecule has 2 unspecified atom stereocenters. The van der Waals surface area contributed by atoms with E-state index in [2.05, 4.69) is 45.7 Å². The van der Waals surface area contributed by atoms with Crippen molar-refractivity contribution in [2.75, 3.05) is 70.4 Å². The largest absolute Gasteiger partial charge is 0.480 e. The van der Waals surface area contributed by atoms with E-state index in [-0.39, 0.29) is 61.4 Å². The number of hydrogen-bond donors (Lipinski definition) is 8. The van der Waals surface area contributed by atoms with E-state index in [9.17, 15) is 38.7 Å². The smallest absolute Gasteiger partial charge is 0.326 e. The van der Waals surface area contributed by atoms with Gasteiger partial charge in [-0.2, -0.15) is 0 Å². The molecule has 0 spiro atoms. The predicted molar refractivity (Wildman–Crippen MR) is 339 cm³/mol. The van der Waals surface area contributed by atoms with Crippen molar-refractivity contribution in [3.05, 3.63) is 23.8 Å². The Morgan fingerprint density at radius 3 is 1.25 bits per heavy atom. The van der Waals surface area contributed by atoms with Gasteiger partial charge in [-0.25, -0.2) is 4.79 Å². The van der Waals surface area contributed by atoms with Crippen molar-refractivity contribution in [1.29, 1.82) is 0 Å². The first-order valence-electron chi connectivity index (χ1n) is 33.4. The number of rotatable bonds is 60. The van der Waals surface area contributed by atoms with Gasteiger partial charge in [-0.05, 0) is 76.1 Å². The maximum absolute atomic E-state index is 14.2. The molecule has 6 amide bonds. The summed E-state index contributed by atoms with van der Waals surface area (Å²) in [6, 6.07) is 2.27. The zero-order valence-corrected chi connectivity index (χ0v) is 52.9. The lowest BCUT2D eigenvalue weighted by Gasteiger charge is -2.22. The number of aliphatic carboxylic acids is 1. The van der Waals surface area contributed by atoms with Crippen LogP contribution >= 0.6 is 0 Å². The third-order valence-electron chi connectivity index (χ3n) is 15.2. The Balaban J connectivity index is 2.96. The number of hydrogen-bond acceptors (Lipinski definition) is 11. The molecule has 484 valence electrons. The number of anilines is 2. The number of carboxylic acids is 1. The van der Waals surface area contributed by atoms with Gasteiger partial charge in [0, 0.05) is 62.8 Å². The van der Waals surface area contributed by atoms with Crippen molar-refractivity contribution in [2.24, 2.45) is 5.73 Å². The fraction of sp³-hybridized carbons (Fsp3) is 0.803. The first-order chi connectivity index (χ1) is 40.9. The standard InChI is InChI=1S/C66H119N7O11/c1-4-6-8-10-12-14-16-18-20-22-24-26-28-30-32-40-62(76)70-56-52-55(53-57(54-56)71-63(77)41-33-31-29-27-25-23-21-19-17-15-13-11-9-7-5-2)64(78)72-58(65(79)73-59(66(80)81)39-34-36-44-67)38-35-37-45-68-60(74)42-43-61(75)69-46-47-83-50-51-84-49-48-82-3/h52-54,58-59H,4-51,67H2,1-3H3,(H,68,74)(H,69,75)(H,70,76)(H,71,77)(H,72,78)(H,73,79)(H,80,81). The maximum Gasteiger partial charge on any atom is 0.326 e. The van der Waals surface area contributed by atoms with Crippen LogP contribution in [0, 0.1) is 0 Å². The lowest BCUT2D eigenvalue weighted by Crippen LogP contribution is -2.51. The van der Waals surface area contributed by atoms with Gasteiger partial charge in [-0.15, -0.1) is 0 Å². The Labute approximate surface area is 507 Å². The van der Waals surface area contributed by atoms with E-state index in [1.165, 1.54) is 153 Å². The van der Waals surface area contributed by atoms with E-state index in [4.69, 9.17) is 19.9 Å². The third kappa shape index (κ3) is 46.6. The Morgan fingerprint density at radius 2 is 0.821 bits per heavy atom. The molecule has 0 fully saturated rings. The summed E-state index contributed by atoms with van der Waals surface area (Å²) in [7, 11) is 1.60. The van der Waals surface area contributed by atoms with E-state index in [1.54, 1.807) is 13.2 Å². The van der Waals surface area contributed by atoms with Crippen molar-refractivity contribution in [1.82, 2.24) is 21.3 Å². The fourth-order valence-electron chi connectivity index (χ4n) is 10.0. The molecular weight excluding hydrogens is 1070 g/mol. The Bertz CT molecular complexity index is 1790. The molecule has 0 aliphatic heterocycles. The molecule has 0 bridgehead atoms. The van der Waals surface area contributed by atoms with E-state index < -0.39 is 29.9 Å². The molecule has 1 aromatic carbocycles. The Hall–Kier alpha value is -4.65. The summed E-state index contributed by atoms with van der Waals surface area (Å²) in [4.78, 5) is 92.0. The van der Waals surface area contributed by atoms with E-state index >= 15 is 0 Å². The summed E-state index contributed by atoms with van der Waals surface area (Å²) in [6.45, 7) is 7.48. The first kappa shape index (κ1) is 77.4. The second-order valence-corrected chi connectivity index (χ2v) is 22.9. The zero-order valence-electron chi connectivity index (χ0n) is 52.9. The van der Waals surface area contributed by atoms with Crippen molar-refractivity contribution >= 4 is 52.8 Å². The highest BCUT2D eigenvalue weighted by Gasteiger charge is 2.27. The number of unbranched alkanes of at least 4 members (excludes halogenated alkanes) is 30. The van der Waals surface area contributed by atoms with Gasteiger partial charge in [-0.1, -0.05) is 194 Å². The average Bonchev–Trinajstić information content (AvgIpc) is 3.49. The minimum Gasteiger partial charge on any atom is -0.480 e. The minimum absolute atomic E-state index is 0.00832. The van der Waals surface area contributed by atoms with Crippen LogP contribution in [0.5, 0.6) is 0 Å². The van der Waals surface area contributed by atoms with Crippen LogP contribution in [-0.4, -0.2) is 118 Å². The van der Waals surface area contributed by atoms with Gasteiger partial charge in [0.05, 0.1) is 33.0 Å². The van der Waals surface area contributed by atoms with Crippen LogP contribution in [0.1, 0.15) is 281 Å². The molecule has 0 radical (unpaired) electrons. The second-order valence-electron chi connectivity index (χ2n) is 22.9. The van der Waals surface area contributed by atoms with Crippen LogP contribution in [0.15, 0.2) is 18.2 Å². The molecule has 0 saturated heterocycles. The highest BCUT2D eigenvalue weighted by molar-refractivity contribution is 6.02. The molecule has 0 aliphatic carbocycles. The highest BCUT2D eigenvalue weighted by atomic mass is 16.5. The number of ether oxygens (including phenoxy) is 3. The van der Waals surface area contributed by atoms with Crippen molar-refractivity contribution in [2.45, 2.75) is 283 Å². The van der Waals surface area contributed by atoms with Gasteiger partial charge >= 0.3 is 5.97 Å². The van der Waals surface area contributed by atoms with Crippen LogP contribution in [0.25, 0.3) is 0 Å². The van der Waals surface area contributed by atoms with Crippen LogP contribution in [0.2, 0.25) is 0 Å². The predicted octanol–water partition coefficient (Wildman–Crippen LogP) is 12.7. The second kappa shape index (κ2) is 56.2. The van der Waals surface area contributed by atoms with Gasteiger partial charge in [-0.3, -0.25) is 28.8 Å². The molecule has 0 heterocycles. The Morgan fingerprint density at radius 1 is 0.429 bits per heavy atom. The van der Waals surface area contributed by atoms with Gasteiger partial charge < -0.3 is 57.0 Å². The van der Waals surface area contributed by atoms with E-state index in [0.717, 1.165) is 51.4 Å². The third-order valence-corrected chi connectivity index (χ3v) is 15.2. The molecule has 0 saturated carbocycles. The summed E-state index contributed by atoms with van der Waals surface area (Å²) in [6.07, 6.45) is 39.2. The molecule has 18 nitrogen and oxygen atoms in total. The zero-order chi connectivity index (χ0) is 61.4. The number of nitrogens with two attached hydrogens (primary N) is 1. The fourth-order valence-corrected chi connectivity index (χ4v) is 10.0. The SMILES string of the molecule is CCCCCCCCCCCCCCCCCC(=O)Nc1cc(NC(=O)CCCCCCCCCCCCCCCCC)cc(C(=O)NC(CCCCNC(=O)CCC(=O)NCCOCCOCCOC)C(=O)NC(CCCCN)C(=O)O)c1. The normalized spacial score (nSPS) is 11.9. The van der Waals surface area contributed by atoms with Crippen molar-refractivity contribution in [3.8, 4) is 0 Å². The maximum atomic E-state index is 14.2. The molecule has 1 rings (SSSR count). The number of benzene rings is 1. The molecule has 9 N–H and O–H groups in total. The highest BCUT2D eigenvalue weighted by Crippen LogP contribution is 2.22. The van der Waals surface area contributed by atoms with Crippen LogP contribution in [0.3, 0.4) is 0 Å². The van der Waals surface area contributed by atoms with Gasteiger partial charge in [0.15, 0.2) is 0 Å². The molecule has 2 atom stereocenters. The average molecular weight is 1190 g/mol. The topological polar surface area (TPSA) is 266 Å². The number of amides is 6. The summed E-state index contributed by atoms with van der Waals surface area (Å²) in [5, 5.41) is 26.8. The van der Waals surface area contributed by atoms with E-state index in [0.29, 0.717) is 96.0 Å². The monoisotopic (exact) mass is 1190 g/mol. The summed E-state index contributed by atoms with van der Waals surface area (Å²) >= 11 is 0. The Kier molecular flexibility index (Phi) is 51.7. The van der Waals surface area contributed by atoms with Gasteiger partial charge in [0.1, 0.15) is 12.1 Å². The number of nitrogens with one attached hydrogen (secondary N) is 6. The lowest BCUT2D eigenvalue weighted by molar-refractivity contribution is -0.142. The molecule has 0 aliphatic rings. The quantitative estimate of drug-likeness (QED) is 0.0283. The summed E-state index contributed by atoms with van der Waals surface area (Å²) in [5.41, 5.74) is 6.38. The van der Waals surface area contributed by atoms with Crippen molar-refractivity contribution < 1.29 is 52.9 Å². The lowest BCUT2D eigenvalue weighted by atomic mass is 10.0. The molecular formula is C66H119N7O11. The van der Waals surface area contributed by atoms with Crippen LogP contribution in [-0.2, 0) is 43.0 Å². The summed E-state index contributed by atoms with van der Waals surface area (Å²) < 4.78 is 15.7. The number of carbonyl (C=O) groups excluding carboxylic acids is 6. The van der Waals surface area contributed by atoms with Gasteiger partial charge in [0.2, 0.25) is 29.5 Å². The van der Waals surface area contributed by atoms with Crippen LogP contribution < -0.4 is 37.6 Å². The number of methoxy groups -OCH3 is 1. The van der Waals surface area contributed by atoms with Crippen molar-refractivity contribution in [3.63, 3.8) is 0 Å². The van der Waals surface area contributed by atoms with E-state index in [1.807, 2.05) is 0 Å². The number of carboxylic acid groups (broad SMARTS) is 1. The molecule has 84 heavy (non-hydrogen) atoms. The molecule has 1 aromatic rings. The number of carbonyl (C=O) groups is 7. The van der Waals surface area contributed by atoms with Gasteiger partial charge in [0.25, 0.3) is 5.91 Å². The summed E-state index contributed by atoms with van der Waals surface area (Å²) in [5.74, 6) is -3.60. The molecule has 0 aromatic heterocycles. The van der Waals surface area contributed by atoms with Crippen LogP contribution in [0.4, 0.5) is 11.4 Å². The molecule has 18 heteroatoms. The first-order valence-corrected chi connectivity index (χ1v) is 33.4. The minimum atomic E-state index is -1.22.